The summed E-state index contributed by atoms with van der Waals surface area (Å²) in [5.74, 6) is 0.240. The molecule has 0 saturated heterocycles. The number of hydrogen-bond donors (Lipinski definition) is 2. The maximum absolute atomic E-state index is 14.7. The molecule has 9 nitrogen and oxygen atoms in total. The van der Waals surface area contributed by atoms with Crippen molar-refractivity contribution in [2.45, 2.75) is 71.6 Å². The molecular weight excluding hydrogens is 535 g/mol. The lowest BCUT2D eigenvalue weighted by Crippen LogP contribution is -2.23. The van der Waals surface area contributed by atoms with Gasteiger partial charge in [-0.25, -0.2) is 28.1 Å². The van der Waals surface area contributed by atoms with E-state index < -0.39 is 24.5 Å². The SMILES string of the molecule is CC(C)n1c(C(C)(C)O)nc2c(F)cc(-c3nc(N)ncc3Cl)cc21.FC(F)COc1cc2n(n1)CCCC2. The van der Waals surface area contributed by atoms with E-state index in [4.69, 9.17) is 22.1 Å². The van der Waals surface area contributed by atoms with Gasteiger partial charge in [0, 0.05) is 29.9 Å². The topological polar surface area (TPSA) is 117 Å². The third-order valence-electron chi connectivity index (χ3n) is 6.10. The van der Waals surface area contributed by atoms with Crippen LogP contribution in [0.3, 0.4) is 0 Å². The molecule has 210 valence electrons. The molecular formula is C26H31ClF3N7O2. The summed E-state index contributed by atoms with van der Waals surface area (Å²) in [5.41, 5.74) is 7.05. The number of hydrogen-bond acceptors (Lipinski definition) is 7. The number of aliphatic hydroxyl groups is 1. The Bertz CT molecular complexity index is 1440. The van der Waals surface area contributed by atoms with Crippen LogP contribution in [-0.2, 0) is 18.6 Å². The smallest absolute Gasteiger partial charge is 0.272 e. The molecule has 39 heavy (non-hydrogen) atoms. The highest BCUT2D eigenvalue weighted by Gasteiger charge is 2.28. The minimum atomic E-state index is -2.44. The quantitative estimate of drug-likeness (QED) is 0.315. The highest BCUT2D eigenvalue weighted by molar-refractivity contribution is 6.33. The average molecular weight is 566 g/mol. The molecule has 0 bridgehead atoms. The van der Waals surface area contributed by atoms with Crippen LogP contribution in [0.15, 0.2) is 24.4 Å². The van der Waals surface area contributed by atoms with Crippen molar-refractivity contribution in [3.05, 3.63) is 46.8 Å². The van der Waals surface area contributed by atoms with E-state index in [-0.39, 0.29) is 22.5 Å². The number of halogens is 4. The molecule has 0 fully saturated rings. The molecule has 0 amide bonds. The Hall–Kier alpha value is -3.38. The number of ether oxygens (including phenoxy) is 1. The fourth-order valence-corrected chi connectivity index (χ4v) is 4.64. The van der Waals surface area contributed by atoms with E-state index in [1.54, 1.807) is 30.5 Å². The first-order valence-electron chi connectivity index (χ1n) is 12.6. The van der Waals surface area contributed by atoms with E-state index >= 15 is 0 Å². The lowest BCUT2D eigenvalue weighted by molar-refractivity contribution is 0.0641. The van der Waals surface area contributed by atoms with Gasteiger partial charge in [-0.15, -0.1) is 5.10 Å². The number of anilines is 1. The van der Waals surface area contributed by atoms with Gasteiger partial charge in [-0.3, -0.25) is 4.68 Å². The molecule has 1 aromatic carbocycles. The second-order valence-electron chi connectivity index (χ2n) is 10.1. The molecule has 4 aromatic rings. The van der Waals surface area contributed by atoms with Crippen molar-refractivity contribution in [3.63, 3.8) is 0 Å². The fraction of sp³-hybridized carbons (Fsp3) is 0.462. The molecule has 3 aromatic heterocycles. The normalized spacial score (nSPS) is 13.5. The van der Waals surface area contributed by atoms with Crippen LogP contribution >= 0.6 is 11.6 Å². The summed E-state index contributed by atoms with van der Waals surface area (Å²) in [7, 11) is 0. The second kappa shape index (κ2) is 11.4. The third kappa shape index (κ3) is 6.44. The molecule has 0 spiro atoms. The van der Waals surface area contributed by atoms with Gasteiger partial charge in [-0.05, 0) is 59.1 Å². The first-order chi connectivity index (χ1) is 18.3. The Labute approximate surface area is 228 Å². The van der Waals surface area contributed by atoms with Crippen molar-refractivity contribution in [1.82, 2.24) is 29.3 Å². The summed E-state index contributed by atoms with van der Waals surface area (Å²) >= 11 is 6.15. The molecule has 1 aliphatic rings. The van der Waals surface area contributed by atoms with E-state index in [9.17, 15) is 18.3 Å². The Morgan fingerprint density at radius 1 is 1.18 bits per heavy atom. The minimum Gasteiger partial charge on any atom is -0.471 e. The lowest BCUT2D eigenvalue weighted by atomic mass is 10.1. The van der Waals surface area contributed by atoms with Crippen LogP contribution in [0, 0.1) is 5.82 Å². The van der Waals surface area contributed by atoms with Crippen molar-refractivity contribution in [3.8, 4) is 17.1 Å². The van der Waals surface area contributed by atoms with Gasteiger partial charge in [0.1, 0.15) is 16.9 Å². The first-order valence-corrected chi connectivity index (χ1v) is 12.9. The summed E-state index contributed by atoms with van der Waals surface area (Å²) in [6.07, 6.45) is 2.14. The summed E-state index contributed by atoms with van der Waals surface area (Å²) in [4.78, 5) is 12.3. The Morgan fingerprint density at radius 3 is 2.56 bits per heavy atom. The summed E-state index contributed by atoms with van der Waals surface area (Å²) in [5, 5.41) is 14.8. The van der Waals surface area contributed by atoms with Crippen LogP contribution in [0.25, 0.3) is 22.3 Å². The standard InChI is InChI=1S/C17H19ClFN5O.C9H12F2N2O/c1-8(2)24-12-6-9(13-10(18)7-21-16(20)23-13)5-11(19)14(12)22-15(24)17(3,4)25;10-8(11)6-14-9-5-7-3-1-2-4-13(7)12-9/h5-8,25H,1-4H3,(H2,20,21,23);5,8H,1-4,6H2. The van der Waals surface area contributed by atoms with Gasteiger partial charge in [0.05, 0.1) is 22.4 Å². The predicted molar refractivity (Wildman–Crippen MR) is 142 cm³/mol. The van der Waals surface area contributed by atoms with Crippen LogP contribution in [0.2, 0.25) is 5.02 Å². The largest absolute Gasteiger partial charge is 0.471 e. The van der Waals surface area contributed by atoms with Crippen LogP contribution in [0.5, 0.6) is 5.88 Å². The maximum Gasteiger partial charge on any atom is 0.272 e. The number of aromatic nitrogens is 6. The summed E-state index contributed by atoms with van der Waals surface area (Å²) in [6.45, 7) is 7.42. The van der Waals surface area contributed by atoms with Crippen LogP contribution in [0.4, 0.5) is 19.1 Å². The Morgan fingerprint density at radius 2 is 1.92 bits per heavy atom. The number of aryl methyl sites for hydroxylation is 2. The third-order valence-corrected chi connectivity index (χ3v) is 6.38. The zero-order chi connectivity index (χ0) is 28.5. The van der Waals surface area contributed by atoms with Gasteiger partial charge in [0.25, 0.3) is 6.43 Å². The van der Waals surface area contributed by atoms with E-state index in [0.29, 0.717) is 28.5 Å². The number of imidazole rings is 1. The van der Waals surface area contributed by atoms with Crippen molar-refractivity contribution in [1.29, 1.82) is 0 Å². The van der Waals surface area contributed by atoms with E-state index in [1.807, 2.05) is 18.5 Å². The summed E-state index contributed by atoms with van der Waals surface area (Å²) < 4.78 is 46.9. The number of nitrogens with zero attached hydrogens (tertiary/aromatic N) is 6. The lowest BCUT2D eigenvalue weighted by Gasteiger charge is -2.21. The van der Waals surface area contributed by atoms with E-state index in [1.165, 1.54) is 12.3 Å². The van der Waals surface area contributed by atoms with Gasteiger partial charge in [0.15, 0.2) is 12.4 Å². The monoisotopic (exact) mass is 565 g/mol. The second-order valence-corrected chi connectivity index (χ2v) is 10.5. The van der Waals surface area contributed by atoms with E-state index in [2.05, 4.69) is 20.1 Å². The molecule has 5 rings (SSSR count). The molecule has 13 heteroatoms. The molecule has 4 heterocycles. The van der Waals surface area contributed by atoms with Gasteiger partial charge in [0.2, 0.25) is 11.8 Å². The zero-order valence-corrected chi connectivity index (χ0v) is 22.9. The van der Waals surface area contributed by atoms with E-state index in [0.717, 1.165) is 31.5 Å². The van der Waals surface area contributed by atoms with Crippen LogP contribution in [-0.4, -0.2) is 47.4 Å². The van der Waals surface area contributed by atoms with Crippen LogP contribution in [0.1, 0.15) is 58.1 Å². The highest BCUT2D eigenvalue weighted by atomic mass is 35.5. The van der Waals surface area contributed by atoms with Crippen molar-refractivity contribution in [2.75, 3.05) is 12.3 Å². The van der Waals surface area contributed by atoms with Crippen LogP contribution < -0.4 is 10.5 Å². The van der Waals surface area contributed by atoms with Crippen molar-refractivity contribution in [2.24, 2.45) is 0 Å². The maximum atomic E-state index is 14.7. The Balaban J connectivity index is 0.000000212. The minimum absolute atomic E-state index is 0.0352. The number of nitrogen functional groups attached to an aromatic ring is 1. The fourth-order valence-electron chi connectivity index (χ4n) is 4.44. The number of fused-ring (bicyclic) bond motifs is 2. The number of alkyl halides is 2. The predicted octanol–water partition coefficient (Wildman–Crippen LogP) is 5.54. The van der Waals surface area contributed by atoms with Crippen molar-refractivity contribution < 1.29 is 23.0 Å². The highest BCUT2D eigenvalue weighted by Crippen LogP contribution is 2.34. The molecule has 0 unspecified atom stereocenters. The molecule has 0 atom stereocenters. The molecule has 1 aliphatic heterocycles. The Kier molecular flexibility index (Phi) is 8.36. The summed E-state index contributed by atoms with van der Waals surface area (Å²) in [6, 6.07) is 4.77. The van der Waals surface area contributed by atoms with Gasteiger partial charge < -0.3 is 20.1 Å². The number of rotatable bonds is 6. The molecule has 0 aliphatic carbocycles. The van der Waals surface area contributed by atoms with Gasteiger partial charge in [-0.2, -0.15) is 0 Å². The first kappa shape index (κ1) is 28.6. The number of nitrogens with two attached hydrogens (primary N) is 1. The van der Waals surface area contributed by atoms with Gasteiger partial charge in [-0.1, -0.05) is 11.6 Å². The van der Waals surface area contributed by atoms with Crippen molar-refractivity contribution >= 4 is 28.6 Å². The average Bonchev–Trinajstić information content (AvgIpc) is 3.46. The van der Waals surface area contributed by atoms with Gasteiger partial charge >= 0.3 is 0 Å². The zero-order valence-electron chi connectivity index (χ0n) is 22.1. The molecule has 0 radical (unpaired) electrons. The number of benzene rings is 1. The molecule has 0 saturated carbocycles. The molecule has 3 N–H and O–H groups in total.